The van der Waals surface area contributed by atoms with Crippen LogP contribution in [0.2, 0.25) is 0 Å². The van der Waals surface area contributed by atoms with E-state index in [9.17, 15) is 13.2 Å². The Balaban J connectivity index is 2.35. The van der Waals surface area contributed by atoms with Gasteiger partial charge in [0.2, 0.25) is 0 Å². The summed E-state index contributed by atoms with van der Waals surface area (Å²) < 4.78 is 28.3. The van der Waals surface area contributed by atoms with Crippen molar-refractivity contribution in [2.45, 2.75) is 51.5 Å². The minimum Gasteiger partial charge on any atom is -0.469 e. The lowest BCUT2D eigenvalue weighted by Gasteiger charge is -2.20. The van der Waals surface area contributed by atoms with Gasteiger partial charge in [-0.25, -0.2) is 8.42 Å². The molecule has 0 bridgehead atoms. The molecule has 6 heteroatoms. The lowest BCUT2D eigenvalue weighted by molar-refractivity contribution is -0.140. The second-order valence-electron chi connectivity index (χ2n) is 5.52. The summed E-state index contributed by atoms with van der Waals surface area (Å²) in [6.07, 6.45) is 5.18. The lowest BCUT2D eigenvalue weighted by atomic mass is 10.0. The SMILES string of the molecule is CCCNC1CCCC1CCS(=O)(=O)CCC(=O)OC. The van der Waals surface area contributed by atoms with Crippen LogP contribution in [0, 0.1) is 5.92 Å². The van der Waals surface area contributed by atoms with Gasteiger partial charge in [0.15, 0.2) is 9.84 Å². The zero-order valence-corrected chi connectivity index (χ0v) is 13.4. The summed E-state index contributed by atoms with van der Waals surface area (Å²) in [5.41, 5.74) is 0. The molecule has 0 amide bonds. The molecular formula is C14H27NO4S. The van der Waals surface area contributed by atoms with Crippen molar-refractivity contribution in [1.82, 2.24) is 5.32 Å². The molecule has 0 aliphatic heterocycles. The molecule has 1 aliphatic rings. The van der Waals surface area contributed by atoms with E-state index in [-0.39, 0.29) is 17.9 Å². The average Bonchev–Trinajstić information content (AvgIpc) is 2.88. The van der Waals surface area contributed by atoms with E-state index in [1.165, 1.54) is 13.5 Å². The number of nitrogens with one attached hydrogen (secondary N) is 1. The molecule has 0 aromatic heterocycles. The van der Waals surface area contributed by atoms with Gasteiger partial charge in [0.05, 0.1) is 25.0 Å². The minimum atomic E-state index is -3.15. The third-order valence-electron chi connectivity index (χ3n) is 3.96. The number of carbonyl (C=O) groups is 1. The first kappa shape index (κ1) is 17.4. The van der Waals surface area contributed by atoms with E-state index in [2.05, 4.69) is 17.0 Å². The van der Waals surface area contributed by atoms with Crippen molar-refractivity contribution in [2.24, 2.45) is 5.92 Å². The largest absolute Gasteiger partial charge is 0.469 e. The van der Waals surface area contributed by atoms with Gasteiger partial charge in [-0.3, -0.25) is 4.79 Å². The molecule has 0 heterocycles. The summed E-state index contributed by atoms with van der Waals surface area (Å²) in [7, 11) is -1.87. The molecule has 1 rings (SSSR count). The van der Waals surface area contributed by atoms with Crippen LogP contribution < -0.4 is 5.32 Å². The first-order chi connectivity index (χ1) is 9.48. The third-order valence-corrected chi connectivity index (χ3v) is 5.64. The van der Waals surface area contributed by atoms with Crippen LogP contribution in [0.1, 0.15) is 45.4 Å². The Morgan fingerprint density at radius 1 is 1.30 bits per heavy atom. The highest BCUT2D eigenvalue weighted by molar-refractivity contribution is 7.91. The van der Waals surface area contributed by atoms with Crippen LogP contribution in [-0.2, 0) is 19.4 Å². The minimum absolute atomic E-state index is 0.0407. The van der Waals surface area contributed by atoms with Gasteiger partial charge in [-0.05, 0) is 38.1 Å². The maximum Gasteiger partial charge on any atom is 0.306 e. The molecule has 1 saturated carbocycles. The van der Waals surface area contributed by atoms with Crippen molar-refractivity contribution < 1.29 is 17.9 Å². The first-order valence-corrected chi connectivity index (χ1v) is 9.31. The van der Waals surface area contributed by atoms with Gasteiger partial charge in [-0.1, -0.05) is 13.3 Å². The van der Waals surface area contributed by atoms with Crippen molar-refractivity contribution in [3.8, 4) is 0 Å². The fourth-order valence-corrected chi connectivity index (χ4v) is 4.10. The molecule has 0 saturated heterocycles. The van der Waals surface area contributed by atoms with Crippen LogP contribution in [0.4, 0.5) is 0 Å². The Bertz CT molecular complexity index is 394. The molecule has 2 unspecified atom stereocenters. The topological polar surface area (TPSA) is 72.5 Å². The van der Waals surface area contributed by atoms with Crippen molar-refractivity contribution >= 4 is 15.8 Å². The van der Waals surface area contributed by atoms with Crippen LogP contribution in [0.15, 0.2) is 0 Å². The third kappa shape index (κ3) is 6.22. The molecule has 0 spiro atoms. The molecule has 0 radical (unpaired) electrons. The zero-order chi connectivity index (χ0) is 15.0. The number of esters is 1. The average molecular weight is 305 g/mol. The summed E-state index contributed by atoms with van der Waals surface area (Å²) in [5.74, 6) is 0.0738. The highest BCUT2D eigenvalue weighted by Gasteiger charge is 2.28. The van der Waals surface area contributed by atoms with Gasteiger partial charge in [-0.2, -0.15) is 0 Å². The van der Waals surface area contributed by atoms with E-state index >= 15 is 0 Å². The molecular weight excluding hydrogens is 278 g/mol. The summed E-state index contributed by atoms with van der Waals surface area (Å²) >= 11 is 0. The van der Waals surface area contributed by atoms with Crippen LogP contribution >= 0.6 is 0 Å². The number of sulfone groups is 1. The second-order valence-corrected chi connectivity index (χ2v) is 7.82. The highest BCUT2D eigenvalue weighted by Crippen LogP contribution is 2.28. The fraction of sp³-hybridized carbons (Fsp3) is 0.929. The summed E-state index contributed by atoms with van der Waals surface area (Å²) in [5, 5.41) is 3.51. The standard InChI is InChI=1S/C14H27NO4S/c1-3-9-15-13-6-4-5-12(13)7-10-20(17,18)11-8-14(16)19-2/h12-13,15H,3-11H2,1-2H3. The zero-order valence-electron chi connectivity index (χ0n) is 12.6. The molecule has 20 heavy (non-hydrogen) atoms. The number of carbonyl (C=O) groups excluding carboxylic acids is 1. The molecule has 1 N–H and O–H groups in total. The smallest absolute Gasteiger partial charge is 0.306 e. The van der Waals surface area contributed by atoms with Crippen LogP contribution in [0.5, 0.6) is 0 Å². The molecule has 2 atom stereocenters. The normalized spacial score (nSPS) is 22.9. The summed E-state index contributed by atoms with van der Waals surface area (Å²) in [4.78, 5) is 11.0. The quantitative estimate of drug-likeness (QED) is 0.654. The summed E-state index contributed by atoms with van der Waals surface area (Å²) in [6, 6.07) is 0.464. The summed E-state index contributed by atoms with van der Waals surface area (Å²) in [6.45, 7) is 3.13. The molecule has 0 aromatic carbocycles. The van der Waals surface area contributed by atoms with E-state index in [1.807, 2.05) is 0 Å². The van der Waals surface area contributed by atoms with Gasteiger partial charge >= 0.3 is 5.97 Å². The van der Waals surface area contributed by atoms with Crippen LogP contribution in [0.3, 0.4) is 0 Å². The predicted octanol–water partition coefficient (Wildman–Crippen LogP) is 1.52. The molecule has 118 valence electrons. The number of ether oxygens (including phenoxy) is 1. The number of hydrogen-bond acceptors (Lipinski definition) is 5. The predicted molar refractivity (Wildman–Crippen MR) is 79.3 cm³/mol. The molecule has 5 nitrogen and oxygen atoms in total. The molecule has 0 aromatic rings. The van der Waals surface area contributed by atoms with E-state index in [0.717, 1.165) is 25.8 Å². The van der Waals surface area contributed by atoms with Gasteiger partial charge < -0.3 is 10.1 Å². The Morgan fingerprint density at radius 2 is 2.05 bits per heavy atom. The Kier molecular flexibility index (Phi) is 7.51. The van der Waals surface area contributed by atoms with E-state index in [0.29, 0.717) is 18.4 Å². The molecule has 1 aliphatic carbocycles. The van der Waals surface area contributed by atoms with Crippen LogP contribution in [0.25, 0.3) is 0 Å². The van der Waals surface area contributed by atoms with Crippen molar-refractivity contribution in [1.29, 1.82) is 0 Å². The first-order valence-electron chi connectivity index (χ1n) is 7.49. The molecule has 1 fully saturated rings. The highest BCUT2D eigenvalue weighted by atomic mass is 32.2. The van der Waals surface area contributed by atoms with Gasteiger partial charge in [0.1, 0.15) is 0 Å². The monoisotopic (exact) mass is 305 g/mol. The van der Waals surface area contributed by atoms with E-state index in [4.69, 9.17) is 0 Å². The number of methoxy groups -OCH3 is 1. The maximum atomic E-state index is 11.9. The van der Waals surface area contributed by atoms with Gasteiger partial charge in [-0.15, -0.1) is 0 Å². The van der Waals surface area contributed by atoms with Gasteiger partial charge in [0, 0.05) is 6.04 Å². The van der Waals surface area contributed by atoms with Gasteiger partial charge in [0.25, 0.3) is 0 Å². The Hall–Kier alpha value is -0.620. The maximum absolute atomic E-state index is 11.9. The number of rotatable bonds is 9. The van der Waals surface area contributed by atoms with E-state index < -0.39 is 15.8 Å². The fourth-order valence-electron chi connectivity index (χ4n) is 2.75. The van der Waals surface area contributed by atoms with E-state index in [1.54, 1.807) is 0 Å². The van der Waals surface area contributed by atoms with Crippen LogP contribution in [-0.4, -0.2) is 45.6 Å². The lowest BCUT2D eigenvalue weighted by Crippen LogP contribution is -2.34. The second kappa shape index (κ2) is 8.62. The Morgan fingerprint density at radius 3 is 2.70 bits per heavy atom. The Labute approximate surface area is 122 Å². The van der Waals surface area contributed by atoms with Crippen molar-refractivity contribution in [3.63, 3.8) is 0 Å². The van der Waals surface area contributed by atoms with Crippen molar-refractivity contribution in [2.75, 3.05) is 25.2 Å². The van der Waals surface area contributed by atoms with Crippen molar-refractivity contribution in [3.05, 3.63) is 0 Å². The number of hydrogen-bond donors (Lipinski definition) is 1.